The first-order valence-corrected chi connectivity index (χ1v) is 4.65. The average Bonchev–Trinajstić information content (AvgIpc) is 2.26. The number of amides is 1. The Labute approximate surface area is 87.9 Å². The average molecular weight is 207 g/mol. The molecule has 0 aliphatic rings. The van der Waals surface area contributed by atoms with Crippen LogP contribution in [-0.2, 0) is 0 Å². The minimum absolute atomic E-state index is 0.0303. The van der Waals surface area contributed by atoms with Crippen LogP contribution in [0.5, 0.6) is 0 Å². The van der Waals surface area contributed by atoms with Gasteiger partial charge in [-0.3, -0.25) is 9.59 Å². The van der Waals surface area contributed by atoms with Crippen LogP contribution in [0.1, 0.15) is 27.6 Å². The smallest absolute Gasteiger partial charge is 0.251 e. The molecule has 0 saturated heterocycles. The maximum Gasteiger partial charge on any atom is 0.251 e. The zero-order valence-electron chi connectivity index (χ0n) is 8.49. The lowest BCUT2D eigenvalue weighted by atomic mass is 10.1. The molecule has 0 atom stereocenters. The molecule has 0 fully saturated rings. The fourth-order valence-electron chi connectivity index (χ4n) is 1.13. The highest BCUT2D eigenvalue weighted by Gasteiger charge is 2.05. The van der Waals surface area contributed by atoms with Crippen LogP contribution in [-0.4, -0.2) is 29.9 Å². The number of benzene rings is 1. The van der Waals surface area contributed by atoms with Gasteiger partial charge >= 0.3 is 0 Å². The molecule has 1 rings (SSSR count). The van der Waals surface area contributed by atoms with E-state index in [0.717, 1.165) is 0 Å². The molecule has 0 aromatic heterocycles. The number of nitrogens with one attached hydrogen (secondary N) is 1. The quantitative estimate of drug-likeness (QED) is 0.711. The van der Waals surface area contributed by atoms with Gasteiger partial charge in [-0.05, 0) is 19.1 Å². The molecule has 2 N–H and O–H groups in total. The van der Waals surface area contributed by atoms with E-state index in [9.17, 15) is 9.59 Å². The summed E-state index contributed by atoms with van der Waals surface area (Å²) in [4.78, 5) is 22.3. The molecule has 1 aromatic rings. The highest BCUT2D eigenvalue weighted by Crippen LogP contribution is 2.04. The van der Waals surface area contributed by atoms with Crippen molar-refractivity contribution in [1.29, 1.82) is 0 Å². The van der Waals surface area contributed by atoms with Gasteiger partial charge in [-0.15, -0.1) is 0 Å². The molecule has 0 aliphatic heterocycles. The zero-order chi connectivity index (χ0) is 11.3. The van der Waals surface area contributed by atoms with Gasteiger partial charge in [0.25, 0.3) is 5.91 Å². The highest BCUT2D eigenvalue weighted by atomic mass is 16.3. The molecule has 0 bridgehead atoms. The first-order chi connectivity index (χ1) is 7.15. The summed E-state index contributed by atoms with van der Waals surface area (Å²) in [6.45, 7) is 1.62. The summed E-state index contributed by atoms with van der Waals surface area (Å²) in [5.74, 6) is -0.281. The number of aliphatic hydroxyl groups is 1. The van der Waals surface area contributed by atoms with Gasteiger partial charge in [0.15, 0.2) is 5.78 Å². The normalized spacial score (nSPS) is 9.73. The van der Waals surface area contributed by atoms with E-state index in [1.165, 1.54) is 6.92 Å². The molecular formula is C11H13NO3. The summed E-state index contributed by atoms with van der Waals surface area (Å²) in [5, 5.41) is 11.0. The number of hydrogen-bond donors (Lipinski definition) is 2. The minimum Gasteiger partial charge on any atom is -0.395 e. The third kappa shape index (κ3) is 3.18. The van der Waals surface area contributed by atoms with Gasteiger partial charge in [-0.25, -0.2) is 0 Å². The van der Waals surface area contributed by atoms with Crippen molar-refractivity contribution in [3.05, 3.63) is 35.4 Å². The number of ketones is 1. The van der Waals surface area contributed by atoms with E-state index in [4.69, 9.17) is 5.11 Å². The van der Waals surface area contributed by atoms with E-state index in [2.05, 4.69) is 5.32 Å². The van der Waals surface area contributed by atoms with Gasteiger partial charge in [0.1, 0.15) is 0 Å². The second kappa shape index (κ2) is 5.26. The van der Waals surface area contributed by atoms with Gasteiger partial charge in [0, 0.05) is 17.7 Å². The first-order valence-electron chi connectivity index (χ1n) is 4.65. The van der Waals surface area contributed by atoms with Gasteiger partial charge in [-0.2, -0.15) is 0 Å². The topological polar surface area (TPSA) is 66.4 Å². The molecule has 0 radical (unpaired) electrons. The molecule has 1 amide bonds. The third-order valence-corrected chi connectivity index (χ3v) is 1.95. The van der Waals surface area contributed by atoms with Crippen LogP contribution >= 0.6 is 0 Å². The van der Waals surface area contributed by atoms with Crippen molar-refractivity contribution in [3.63, 3.8) is 0 Å². The zero-order valence-corrected chi connectivity index (χ0v) is 8.49. The predicted molar refractivity (Wildman–Crippen MR) is 55.9 cm³/mol. The Morgan fingerprint density at radius 2 is 1.73 bits per heavy atom. The second-order valence-corrected chi connectivity index (χ2v) is 3.11. The van der Waals surface area contributed by atoms with Crippen molar-refractivity contribution >= 4 is 11.7 Å². The molecular weight excluding hydrogens is 194 g/mol. The van der Waals surface area contributed by atoms with Crippen LogP contribution in [0.3, 0.4) is 0 Å². The first kappa shape index (κ1) is 11.4. The number of carbonyl (C=O) groups is 2. The Hall–Kier alpha value is -1.68. The summed E-state index contributed by atoms with van der Waals surface area (Å²) in [5.41, 5.74) is 1.06. The molecule has 0 spiro atoms. The molecule has 0 saturated carbocycles. The SMILES string of the molecule is CC(=O)c1ccc(C(=O)NCCO)cc1. The summed E-state index contributed by atoms with van der Waals surface area (Å²) in [6.07, 6.45) is 0. The van der Waals surface area contributed by atoms with Gasteiger partial charge < -0.3 is 10.4 Å². The monoisotopic (exact) mass is 207 g/mol. The van der Waals surface area contributed by atoms with Crippen molar-refractivity contribution < 1.29 is 14.7 Å². The summed E-state index contributed by atoms with van der Waals surface area (Å²) in [7, 11) is 0. The Balaban J connectivity index is 2.71. The number of rotatable bonds is 4. The summed E-state index contributed by atoms with van der Waals surface area (Å²) < 4.78 is 0. The molecule has 1 aromatic carbocycles. The van der Waals surface area contributed by atoms with Crippen LogP contribution in [0, 0.1) is 0 Å². The van der Waals surface area contributed by atoms with Crippen molar-refractivity contribution in [2.75, 3.05) is 13.2 Å². The van der Waals surface area contributed by atoms with Crippen LogP contribution in [0.15, 0.2) is 24.3 Å². The second-order valence-electron chi connectivity index (χ2n) is 3.11. The Kier molecular flexibility index (Phi) is 4.00. The van der Waals surface area contributed by atoms with E-state index in [1.54, 1.807) is 24.3 Å². The van der Waals surface area contributed by atoms with Crippen LogP contribution in [0.4, 0.5) is 0 Å². The molecule has 15 heavy (non-hydrogen) atoms. The fraction of sp³-hybridized carbons (Fsp3) is 0.273. The lowest BCUT2D eigenvalue weighted by Crippen LogP contribution is -2.26. The lowest BCUT2D eigenvalue weighted by molar-refractivity contribution is 0.0943. The molecule has 0 heterocycles. The van der Waals surface area contributed by atoms with E-state index >= 15 is 0 Å². The van der Waals surface area contributed by atoms with E-state index in [-0.39, 0.29) is 24.8 Å². The minimum atomic E-state index is -0.251. The van der Waals surface area contributed by atoms with Crippen LogP contribution in [0.25, 0.3) is 0 Å². The standard InChI is InChI=1S/C11H13NO3/c1-8(14)9-2-4-10(5-3-9)11(15)12-6-7-13/h2-5,13H,6-7H2,1H3,(H,12,15). The largest absolute Gasteiger partial charge is 0.395 e. The highest BCUT2D eigenvalue weighted by molar-refractivity contribution is 5.97. The fourth-order valence-corrected chi connectivity index (χ4v) is 1.13. The number of aliphatic hydroxyl groups excluding tert-OH is 1. The molecule has 4 nitrogen and oxygen atoms in total. The Bertz CT molecular complexity index is 357. The van der Waals surface area contributed by atoms with Crippen LogP contribution in [0.2, 0.25) is 0 Å². The van der Waals surface area contributed by atoms with Crippen molar-refractivity contribution in [2.45, 2.75) is 6.92 Å². The van der Waals surface area contributed by atoms with E-state index < -0.39 is 0 Å². The predicted octanol–water partition coefficient (Wildman–Crippen LogP) is 0.611. The van der Waals surface area contributed by atoms with Crippen molar-refractivity contribution in [3.8, 4) is 0 Å². The van der Waals surface area contributed by atoms with E-state index in [0.29, 0.717) is 11.1 Å². The van der Waals surface area contributed by atoms with Gasteiger partial charge in [0.2, 0.25) is 0 Å². The van der Waals surface area contributed by atoms with Crippen LogP contribution < -0.4 is 5.32 Å². The number of Topliss-reactive ketones (excluding diaryl/α,β-unsaturated/α-hetero) is 1. The molecule has 4 heteroatoms. The van der Waals surface area contributed by atoms with Crippen molar-refractivity contribution in [1.82, 2.24) is 5.32 Å². The summed E-state index contributed by atoms with van der Waals surface area (Å²) in [6, 6.07) is 6.39. The molecule has 0 unspecified atom stereocenters. The maximum absolute atomic E-state index is 11.4. The lowest BCUT2D eigenvalue weighted by Gasteiger charge is -2.03. The Morgan fingerprint density at radius 1 is 1.20 bits per heavy atom. The van der Waals surface area contributed by atoms with Gasteiger partial charge in [-0.1, -0.05) is 12.1 Å². The Morgan fingerprint density at radius 3 is 2.20 bits per heavy atom. The maximum atomic E-state index is 11.4. The van der Waals surface area contributed by atoms with Gasteiger partial charge in [0.05, 0.1) is 6.61 Å². The third-order valence-electron chi connectivity index (χ3n) is 1.95. The number of hydrogen-bond acceptors (Lipinski definition) is 3. The summed E-state index contributed by atoms with van der Waals surface area (Å²) >= 11 is 0. The van der Waals surface area contributed by atoms with Crippen molar-refractivity contribution in [2.24, 2.45) is 0 Å². The van der Waals surface area contributed by atoms with E-state index in [1.807, 2.05) is 0 Å². The molecule has 80 valence electrons. The molecule has 0 aliphatic carbocycles. The number of carbonyl (C=O) groups excluding carboxylic acids is 2.